The van der Waals surface area contributed by atoms with Crippen LogP contribution in [0.5, 0.6) is 0 Å². The molecule has 3 heteroatoms. The Labute approximate surface area is 94.7 Å². The Balaban J connectivity index is 2.90. The Morgan fingerprint density at radius 2 is 1.86 bits per heavy atom. The smallest absolute Gasteiger partial charge is 0.337 e. The molecule has 0 radical (unpaired) electrons. The first-order valence-corrected chi connectivity index (χ1v) is 5.18. The summed E-state index contributed by atoms with van der Waals surface area (Å²) in [5.74, 6) is -0.869. The highest BCUT2D eigenvalue weighted by molar-refractivity contribution is 14.1. The van der Waals surface area contributed by atoms with Gasteiger partial charge in [0.05, 0.1) is 5.56 Å². The average molecular weight is 298 g/mol. The molecule has 0 saturated heterocycles. The van der Waals surface area contributed by atoms with Gasteiger partial charge in [0, 0.05) is 3.57 Å². The molecule has 0 bridgehead atoms. The van der Waals surface area contributed by atoms with E-state index in [0.717, 1.165) is 14.3 Å². The third kappa shape index (κ3) is 1.48. The second-order valence-corrected chi connectivity index (χ2v) is 4.11. The first-order chi connectivity index (χ1) is 6.70. The van der Waals surface area contributed by atoms with E-state index in [0.29, 0.717) is 5.56 Å². The minimum atomic E-state index is -0.869. The molecule has 0 atom stereocenters. The summed E-state index contributed by atoms with van der Waals surface area (Å²) in [6.07, 6.45) is 0. The average Bonchev–Trinajstić information content (AvgIpc) is 2.17. The lowest BCUT2D eigenvalue weighted by atomic mass is 10.1. The molecular weight excluding hydrogens is 291 g/mol. The summed E-state index contributed by atoms with van der Waals surface area (Å²) in [5, 5.41) is 10.8. The maximum Gasteiger partial charge on any atom is 0.337 e. The van der Waals surface area contributed by atoms with E-state index in [9.17, 15) is 4.79 Å². The molecule has 0 fully saturated rings. The van der Waals surface area contributed by atoms with E-state index in [1.807, 2.05) is 59.0 Å². The molecule has 0 saturated carbocycles. The molecule has 0 heterocycles. The number of rotatable bonds is 1. The Kier molecular flexibility index (Phi) is 2.41. The van der Waals surface area contributed by atoms with Crippen molar-refractivity contribution in [2.24, 2.45) is 0 Å². The molecule has 0 amide bonds. The zero-order valence-corrected chi connectivity index (χ0v) is 9.36. The van der Waals surface area contributed by atoms with E-state index in [-0.39, 0.29) is 0 Å². The summed E-state index contributed by atoms with van der Waals surface area (Å²) in [6.45, 7) is 0. The van der Waals surface area contributed by atoms with E-state index >= 15 is 0 Å². The van der Waals surface area contributed by atoms with E-state index in [4.69, 9.17) is 5.11 Å². The molecule has 0 aromatic heterocycles. The molecule has 14 heavy (non-hydrogen) atoms. The largest absolute Gasteiger partial charge is 0.478 e. The second kappa shape index (κ2) is 3.57. The van der Waals surface area contributed by atoms with Crippen LogP contribution < -0.4 is 0 Å². The standard InChI is InChI=1S/C11H7IO2/c12-9-6-5-7-3-1-2-4-8(7)10(9)11(13)14/h1-6H,(H,13,14). The second-order valence-electron chi connectivity index (χ2n) is 2.95. The number of halogens is 1. The molecule has 0 spiro atoms. The molecule has 1 N–H and O–H groups in total. The number of carbonyl (C=O) groups is 1. The lowest BCUT2D eigenvalue weighted by molar-refractivity contribution is 0.0698. The van der Waals surface area contributed by atoms with Gasteiger partial charge < -0.3 is 5.11 Å². The van der Waals surface area contributed by atoms with Crippen LogP contribution in [0, 0.1) is 3.57 Å². The van der Waals surface area contributed by atoms with Gasteiger partial charge in [-0.15, -0.1) is 0 Å². The fraction of sp³-hybridized carbons (Fsp3) is 0. The quantitative estimate of drug-likeness (QED) is 0.821. The highest BCUT2D eigenvalue weighted by Crippen LogP contribution is 2.23. The minimum Gasteiger partial charge on any atom is -0.478 e. The number of benzene rings is 2. The van der Waals surface area contributed by atoms with Gasteiger partial charge in [-0.2, -0.15) is 0 Å². The Bertz CT molecular complexity index is 506. The van der Waals surface area contributed by atoms with Crippen LogP contribution in [0.15, 0.2) is 36.4 Å². The van der Waals surface area contributed by atoms with Crippen LogP contribution in [0.4, 0.5) is 0 Å². The van der Waals surface area contributed by atoms with Gasteiger partial charge in [-0.1, -0.05) is 30.3 Å². The first kappa shape index (κ1) is 9.45. The molecule has 2 nitrogen and oxygen atoms in total. The van der Waals surface area contributed by atoms with Gasteiger partial charge in [0.2, 0.25) is 0 Å². The van der Waals surface area contributed by atoms with Crippen LogP contribution in [0.3, 0.4) is 0 Å². The summed E-state index contributed by atoms with van der Waals surface area (Å²) in [6, 6.07) is 11.3. The Hall–Kier alpha value is -1.10. The van der Waals surface area contributed by atoms with E-state index in [2.05, 4.69) is 0 Å². The highest BCUT2D eigenvalue weighted by Gasteiger charge is 2.11. The first-order valence-electron chi connectivity index (χ1n) is 4.10. The van der Waals surface area contributed by atoms with Gasteiger partial charge in [-0.3, -0.25) is 0 Å². The van der Waals surface area contributed by atoms with Crippen LogP contribution in [0.1, 0.15) is 10.4 Å². The molecule has 0 unspecified atom stereocenters. The number of carboxylic acid groups (broad SMARTS) is 1. The van der Waals surface area contributed by atoms with Crippen molar-refractivity contribution in [3.05, 3.63) is 45.5 Å². The van der Waals surface area contributed by atoms with Crippen molar-refractivity contribution in [1.82, 2.24) is 0 Å². The van der Waals surface area contributed by atoms with Crippen LogP contribution >= 0.6 is 22.6 Å². The minimum absolute atomic E-state index is 0.392. The monoisotopic (exact) mass is 298 g/mol. The predicted octanol–water partition coefficient (Wildman–Crippen LogP) is 3.14. The summed E-state index contributed by atoms with van der Waals surface area (Å²) < 4.78 is 0.772. The van der Waals surface area contributed by atoms with Crippen LogP contribution in [0.2, 0.25) is 0 Å². The zero-order chi connectivity index (χ0) is 10.1. The van der Waals surface area contributed by atoms with Crippen molar-refractivity contribution < 1.29 is 9.90 Å². The van der Waals surface area contributed by atoms with Crippen LogP contribution in [-0.2, 0) is 0 Å². The van der Waals surface area contributed by atoms with Crippen molar-refractivity contribution >= 4 is 39.3 Å². The molecule has 2 aromatic rings. The molecule has 70 valence electrons. The van der Waals surface area contributed by atoms with Crippen LogP contribution in [-0.4, -0.2) is 11.1 Å². The van der Waals surface area contributed by atoms with Gasteiger partial charge in [-0.05, 0) is 39.4 Å². The normalized spacial score (nSPS) is 10.4. The molecule has 2 aromatic carbocycles. The van der Waals surface area contributed by atoms with Crippen molar-refractivity contribution in [2.45, 2.75) is 0 Å². The number of hydrogen-bond donors (Lipinski definition) is 1. The zero-order valence-electron chi connectivity index (χ0n) is 7.20. The van der Waals surface area contributed by atoms with Crippen molar-refractivity contribution in [3.63, 3.8) is 0 Å². The highest BCUT2D eigenvalue weighted by atomic mass is 127. The van der Waals surface area contributed by atoms with E-state index < -0.39 is 5.97 Å². The lowest BCUT2D eigenvalue weighted by Crippen LogP contribution is -2.00. The molecule has 0 aliphatic heterocycles. The maximum absolute atomic E-state index is 11.0. The number of hydrogen-bond acceptors (Lipinski definition) is 1. The van der Waals surface area contributed by atoms with Crippen molar-refractivity contribution in [1.29, 1.82) is 0 Å². The summed E-state index contributed by atoms with van der Waals surface area (Å²) in [4.78, 5) is 11.0. The maximum atomic E-state index is 11.0. The Morgan fingerprint density at radius 1 is 1.14 bits per heavy atom. The third-order valence-electron chi connectivity index (χ3n) is 2.09. The summed E-state index contributed by atoms with van der Waals surface area (Å²) in [7, 11) is 0. The number of carboxylic acids is 1. The predicted molar refractivity (Wildman–Crippen MR) is 63.6 cm³/mol. The number of aromatic carboxylic acids is 1. The van der Waals surface area contributed by atoms with Crippen LogP contribution in [0.25, 0.3) is 10.8 Å². The third-order valence-corrected chi connectivity index (χ3v) is 2.99. The Morgan fingerprint density at radius 3 is 2.57 bits per heavy atom. The van der Waals surface area contributed by atoms with E-state index in [1.54, 1.807) is 0 Å². The molecular formula is C11H7IO2. The fourth-order valence-electron chi connectivity index (χ4n) is 1.46. The number of fused-ring (bicyclic) bond motifs is 1. The van der Waals surface area contributed by atoms with Gasteiger partial charge in [-0.25, -0.2) is 4.79 Å². The molecule has 0 aliphatic rings. The van der Waals surface area contributed by atoms with E-state index in [1.165, 1.54) is 0 Å². The van der Waals surface area contributed by atoms with Gasteiger partial charge in [0.25, 0.3) is 0 Å². The molecule has 2 rings (SSSR count). The summed E-state index contributed by atoms with van der Waals surface area (Å²) >= 11 is 2.04. The van der Waals surface area contributed by atoms with Gasteiger partial charge in [0.15, 0.2) is 0 Å². The van der Waals surface area contributed by atoms with Crippen molar-refractivity contribution in [3.8, 4) is 0 Å². The van der Waals surface area contributed by atoms with Gasteiger partial charge in [0.1, 0.15) is 0 Å². The SMILES string of the molecule is O=C(O)c1c(I)ccc2ccccc12. The summed E-state index contributed by atoms with van der Waals surface area (Å²) in [5.41, 5.74) is 0.392. The topological polar surface area (TPSA) is 37.3 Å². The lowest BCUT2D eigenvalue weighted by Gasteiger charge is -2.04. The van der Waals surface area contributed by atoms with Gasteiger partial charge >= 0.3 is 5.97 Å². The molecule has 0 aliphatic carbocycles. The van der Waals surface area contributed by atoms with Crippen molar-refractivity contribution in [2.75, 3.05) is 0 Å². The fourth-order valence-corrected chi connectivity index (χ4v) is 2.16.